The lowest BCUT2D eigenvalue weighted by molar-refractivity contribution is 0.171. The van der Waals surface area contributed by atoms with E-state index < -0.39 is 15.8 Å². The zero-order chi connectivity index (χ0) is 26.7. The van der Waals surface area contributed by atoms with E-state index >= 15 is 0 Å². The van der Waals surface area contributed by atoms with Gasteiger partial charge in [-0.15, -0.1) is 0 Å². The number of fused-ring (bicyclic) bond motifs is 2. The SMILES string of the molecule is CC(C)(C)[P@]1c2c(cccc2-c2ccccc2)O[C@H]1[C@@H]1Oc2cccc(-c3ccccc3)c2[P@]1C(C)(C)C. The van der Waals surface area contributed by atoms with Crippen molar-refractivity contribution in [3.05, 3.63) is 97.1 Å². The molecule has 0 spiro atoms. The summed E-state index contributed by atoms with van der Waals surface area (Å²) in [5, 5.41) is 2.88. The van der Waals surface area contributed by atoms with E-state index in [1.54, 1.807) is 0 Å². The van der Waals surface area contributed by atoms with Crippen molar-refractivity contribution in [2.45, 2.75) is 63.5 Å². The van der Waals surface area contributed by atoms with Crippen LogP contribution in [0.5, 0.6) is 11.5 Å². The standard InChI is InChI=1S/C34H36O2P2/c1-33(2,3)37-29-25(23-15-9-7-10-16-23)19-13-21-27(29)35-31(37)32-36-28-22-14-20-26(24-17-11-8-12-18-24)30(28)38(32)34(4,5)6/h7-22,31-32H,1-6H3/t31-,32-,37-,38+/m1/s1. The first kappa shape index (κ1) is 25.6. The van der Waals surface area contributed by atoms with Gasteiger partial charge in [0, 0.05) is 10.6 Å². The summed E-state index contributed by atoms with van der Waals surface area (Å²) in [6.45, 7) is 14.3. The fourth-order valence-corrected chi connectivity index (χ4v) is 12.8. The topological polar surface area (TPSA) is 18.5 Å². The molecule has 0 aromatic heterocycles. The summed E-state index contributed by atoms with van der Waals surface area (Å²) in [6.07, 6.45) is 0. The van der Waals surface area contributed by atoms with Crippen molar-refractivity contribution in [1.29, 1.82) is 0 Å². The number of rotatable bonds is 3. The molecular formula is C34H36O2P2. The van der Waals surface area contributed by atoms with Gasteiger partial charge in [0.15, 0.2) is 11.7 Å². The Kier molecular flexibility index (Phi) is 6.41. The molecule has 0 N–H and O–H groups in total. The van der Waals surface area contributed by atoms with Gasteiger partial charge in [-0.3, -0.25) is 0 Å². The average Bonchev–Trinajstić information content (AvgIpc) is 3.48. The zero-order valence-corrected chi connectivity index (χ0v) is 24.9. The average molecular weight is 539 g/mol. The van der Waals surface area contributed by atoms with E-state index in [4.69, 9.17) is 9.47 Å². The zero-order valence-electron chi connectivity index (χ0n) is 23.1. The van der Waals surface area contributed by atoms with E-state index in [-0.39, 0.29) is 22.0 Å². The molecule has 0 radical (unpaired) electrons. The summed E-state index contributed by atoms with van der Waals surface area (Å²) < 4.78 is 14.0. The molecule has 0 unspecified atom stereocenters. The van der Waals surface area contributed by atoms with Gasteiger partial charge in [0.1, 0.15) is 11.5 Å². The lowest BCUT2D eigenvalue weighted by atomic mass is 10.1. The third-order valence-corrected chi connectivity index (χ3v) is 14.1. The van der Waals surface area contributed by atoms with E-state index in [0.717, 1.165) is 11.5 Å². The smallest absolute Gasteiger partial charge is 0.162 e. The lowest BCUT2D eigenvalue weighted by Crippen LogP contribution is -2.38. The van der Waals surface area contributed by atoms with E-state index in [2.05, 4.69) is 139 Å². The molecule has 0 saturated carbocycles. The molecule has 0 aliphatic carbocycles. The summed E-state index contributed by atoms with van der Waals surface area (Å²) in [5.41, 5.74) is 5.11. The van der Waals surface area contributed by atoms with Crippen LogP contribution < -0.4 is 20.1 Å². The van der Waals surface area contributed by atoms with E-state index in [1.165, 1.54) is 32.9 Å². The van der Waals surface area contributed by atoms with Crippen molar-refractivity contribution in [2.75, 3.05) is 0 Å². The molecule has 4 aromatic rings. The first-order valence-corrected chi connectivity index (χ1v) is 16.3. The van der Waals surface area contributed by atoms with Crippen molar-refractivity contribution in [3.8, 4) is 33.8 Å². The number of benzene rings is 4. The normalized spacial score (nSPS) is 22.4. The fourth-order valence-electron chi connectivity index (χ4n) is 5.86. The van der Waals surface area contributed by atoms with Crippen molar-refractivity contribution >= 4 is 26.5 Å². The molecule has 0 bridgehead atoms. The second-order valence-electron chi connectivity index (χ2n) is 12.1. The second-order valence-corrected chi connectivity index (χ2v) is 18.2. The highest BCUT2D eigenvalue weighted by atomic mass is 31.1. The Bertz CT molecular complexity index is 1340. The molecular weight excluding hydrogens is 502 g/mol. The van der Waals surface area contributed by atoms with Gasteiger partial charge in [-0.25, -0.2) is 0 Å². The molecule has 0 amide bonds. The third kappa shape index (κ3) is 4.37. The number of hydrogen-bond donors (Lipinski definition) is 0. The molecule has 0 saturated heterocycles. The van der Waals surface area contributed by atoms with Gasteiger partial charge in [0.2, 0.25) is 0 Å². The van der Waals surface area contributed by atoms with Crippen LogP contribution >= 0.6 is 15.8 Å². The van der Waals surface area contributed by atoms with Gasteiger partial charge in [-0.1, -0.05) is 126 Å². The van der Waals surface area contributed by atoms with E-state index in [9.17, 15) is 0 Å². The van der Waals surface area contributed by atoms with Crippen LogP contribution in [0, 0.1) is 0 Å². The highest BCUT2D eigenvalue weighted by molar-refractivity contribution is 7.72. The largest absolute Gasteiger partial charge is 0.481 e. The number of ether oxygens (including phenoxy) is 2. The predicted octanol–water partition coefficient (Wildman–Crippen LogP) is 8.97. The van der Waals surface area contributed by atoms with Crippen molar-refractivity contribution < 1.29 is 9.47 Å². The van der Waals surface area contributed by atoms with Gasteiger partial charge in [-0.2, -0.15) is 0 Å². The van der Waals surface area contributed by atoms with Crippen molar-refractivity contribution in [2.24, 2.45) is 0 Å². The first-order valence-electron chi connectivity index (χ1n) is 13.4. The molecule has 4 atom stereocenters. The highest BCUT2D eigenvalue weighted by Gasteiger charge is 2.55. The number of hydrogen-bond acceptors (Lipinski definition) is 2. The summed E-state index contributed by atoms with van der Waals surface area (Å²) in [5.74, 6) is 2.05. The van der Waals surface area contributed by atoms with Crippen molar-refractivity contribution in [3.63, 3.8) is 0 Å². The lowest BCUT2D eigenvalue weighted by Gasteiger charge is -2.40. The van der Waals surface area contributed by atoms with Crippen LogP contribution in [-0.4, -0.2) is 22.0 Å². The van der Waals surface area contributed by atoms with Gasteiger partial charge >= 0.3 is 0 Å². The van der Waals surface area contributed by atoms with Gasteiger partial charge in [0.05, 0.1) is 0 Å². The molecule has 2 aliphatic rings. The van der Waals surface area contributed by atoms with Gasteiger partial charge < -0.3 is 9.47 Å². The molecule has 194 valence electrons. The summed E-state index contributed by atoms with van der Waals surface area (Å²) in [6, 6.07) is 34.7. The maximum absolute atomic E-state index is 7.01. The van der Waals surface area contributed by atoms with Crippen LogP contribution in [-0.2, 0) is 0 Å². The molecule has 4 aromatic carbocycles. The minimum absolute atomic E-state index is 0.00813. The minimum Gasteiger partial charge on any atom is -0.481 e. The van der Waals surface area contributed by atoms with Crippen LogP contribution in [0.1, 0.15) is 41.5 Å². The maximum Gasteiger partial charge on any atom is 0.162 e. The molecule has 4 heteroatoms. The van der Waals surface area contributed by atoms with Crippen LogP contribution in [0.15, 0.2) is 97.1 Å². The molecule has 2 nitrogen and oxygen atoms in total. The third-order valence-electron chi connectivity index (χ3n) is 7.34. The fraction of sp³-hybridized carbons (Fsp3) is 0.294. The molecule has 2 heterocycles. The Morgan fingerprint density at radius 1 is 0.474 bits per heavy atom. The molecule has 6 rings (SSSR count). The van der Waals surface area contributed by atoms with Gasteiger partial charge in [0.25, 0.3) is 0 Å². The van der Waals surface area contributed by atoms with E-state index in [0.29, 0.717) is 0 Å². The van der Waals surface area contributed by atoms with Gasteiger partial charge in [-0.05, 0) is 60.5 Å². The Labute approximate surface area is 229 Å². The van der Waals surface area contributed by atoms with Crippen molar-refractivity contribution in [1.82, 2.24) is 0 Å². The Morgan fingerprint density at radius 3 is 1.18 bits per heavy atom. The first-order chi connectivity index (χ1) is 18.1. The Balaban J connectivity index is 1.50. The molecule has 0 fully saturated rings. The quantitative estimate of drug-likeness (QED) is 0.242. The molecule has 2 aliphatic heterocycles. The highest BCUT2D eigenvalue weighted by Crippen LogP contribution is 2.69. The summed E-state index contributed by atoms with van der Waals surface area (Å²) in [7, 11) is -1.38. The summed E-state index contributed by atoms with van der Waals surface area (Å²) >= 11 is 0. The Morgan fingerprint density at radius 2 is 0.842 bits per heavy atom. The second kappa shape index (κ2) is 9.51. The minimum atomic E-state index is -0.692. The van der Waals surface area contributed by atoms with Crippen LogP contribution in [0.2, 0.25) is 0 Å². The maximum atomic E-state index is 7.01. The molecule has 38 heavy (non-hydrogen) atoms. The summed E-state index contributed by atoms with van der Waals surface area (Å²) in [4.78, 5) is 0. The van der Waals surface area contributed by atoms with E-state index in [1.807, 2.05) is 0 Å². The van der Waals surface area contributed by atoms with Crippen LogP contribution in [0.3, 0.4) is 0 Å². The monoisotopic (exact) mass is 538 g/mol. The Hall–Kier alpha value is -2.66. The predicted molar refractivity (Wildman–Crippen MR) is 165 cm³/mol. The van der Waals surface area contributed by atoms with Crippen LogP contribution in [0.25, 0.3) is 22.3 Å². The van der Waals surface area contributed by atoms with Crippen LogP contribution in [0.4, 0.5) is 0 Å².